The van der Waals surface area contributed by atoms with Crippen molar-refractivity contribution < 1.29 is 44.3 Å². The van der Waals surface area contributed by atoms with Gasteiger partial charge in [0.2, 0.25) is 15.9 Å². The van der Waals surface area contributed by atoms with Gasteiger partial charge in [0.1, 0.15) is 11.8 Å². The topological polar surface area (TPSA) is 75.7 Å². The summed E-state index contributed by atoms with van der Waals surface area (Å²) in [6, 6.07) is 4.79. The first kappa shape index (κ1) is 25.6. The Morgan fingerprint density at radius 2 is 1.62 bits per heavy atom. The standard InChI is InChI=1S/C18H15ClF6N2O4S/c1-10(16(28)26-11-3-6-13(7-4-11)31-18(23,24)25)27(32(2,29)30)12-5-8-15(19)14(9-12)17(20,21)22/h3-10H,1-2H3,(H,26,28)/t10-/m1/s1. The highest BCUT2D eigenvalue weighted by atomic mass is 35.5. The summed E-state index contributed by atoms with van der Waals surface area (Å²) in [4.78, 5) is 12.6. The molecule has 2 aromatic rings. The fourth-order valence-electron chi connectivity index (χ4n) is 2.66. The number of alkyl halides is 6. The van der Waals surface area contributed by atoms with E-state index in [0.29, 0.717) is 16.6 Å². The molecule has 0 saturated carbocycles. The van der Waals surface area contributed by atoms with Gasteiger partial charge in [0.15, 0.2) is 0 Å². The smallest absolute Gasteiger partial charge is 0.406 e. The second-order valence-corrected chi connectivity index (χ2v) is 8.72. The van der Waals surface area contributed by atoms with Crippen molar-refractivity contribution in [2.24, 2.45) is 0 Å². The molecule has 176 valence electrons. The molecule has 0 heterocycles. The van der Waals surface area contributed by atoms with E-state index in [1.54, 1.807) is 0 Å². The number of halogens is 7. The molecule has 0 spiro atoms. The average Bonchev–Trinajstić information content (AvgIpc) is 2.61. The van der Waals surface area contributed by atoms with E-state index in [-0.39, 0.29) is 5.69 Å². The van der Waals surface area contributed by atoms with E-state index in [4.69, 9.17) is 11.6 Å². The summed E-state index contributed by atoms with van der Waals surface area (Å²) in [6.45, 7) is 1.12. The summed E-state index contributed by atoms with van der Waals surface area (Å²) in [5, 5.41) is 1.62. The minimum absolute atomic E-state index is 0.00286. The van der Waals surface area contributed by atoms with Crippen molar-refractivity contribution in [1.29, 1.82) is 0 Å². The maximum atomic E-state index is 13.2. The third-order valence-electron chi connectivity index (χ3n) is 3.95. The van der Waals surface area contributed by atoms with Crippen LogP contribution < -0.4 is 14.4 Å². The van der Waals surface area contributed by atoms with Gasteiger partial charge in [-0.25, -0.2) is 8.42 Å². The molecule has 0 aliphatic carbocycles. The van der Waals surface area contributed by atoms with Crippen molar-refractivity contribution in [3.05, 3.63) is 53.1 Å². The van der Waals surface area contributed by atoms with Crippen molar-refractivity contribution in [1.82, 2.24) is 0 Å². The quantitative estimate of drug-likeness (QED) is 0.559. The lowest BCUT2D eigenvalue weighted by Crippen LogP contribution is -2.45. The van der Waals surface area contributed by atoms with E-state index in [1.165, 1.54) is 0 Å². The van der Waals surface area contributed by atoms with Gasteiger partial charge in [-0.2, -0.15) is 13.2 Å². The number of rotatable bonds is 6. The van der Waals surface area contributed by atoms with Crippen LogP contribution in [0.5, 0.6) is 5.75 Å². The van der Waals surface area contributed by atoms with E-state index in [0.717, 1.165) is 43.3 Å². The van der Waals surface area contributed by atoms with Crippen LogP contribution in [0.2, 0.25) is 5.02 Å². The molecule has 1 N–H and O–H groups in total. The van der Waals surface area contributed by atoms with Crippen LogP contribution in [0.15, 0.2) is 42.5 Å². The van der Waals surface area contributed by atoms with Gasteiger partial charge in [-0.3, -0.25) is 9.10 Å². The summed E-state index contributed by atoms with van der Waals surface area (Å²) in [7, 11) is -4.24. The highest BCUT2D eigenvalue weighted by Crippen LogP contribution is 2.38. The van der Waals surface area contributed by atoms with E-state index >= 15 is 0 Å². The third kappa shape index (κ3) is 6.66. The molecule has 0 unspecified atom stereocenters. The van der Waals surface area contributed by atoms with Gasteiger partial charge in [-0.05, 0) is 49.4 Å². The third-order valence-corrected chi connectivity index (χ3v) is 5.52. The largest absolute Gasteiger partial charge is 0.573 e. The molecule has 0 aliphatic heterocycles. The minimum atomic E-state index is -4.91. The Morgan fingerprint density at radius 3 is 2.09 bits per heavy atom. The SMILES string of the molecule is C[C@H](C(=O)Nc1ccc(OC(F)(F)F)cc1)N(c1ccc(Cl)c(C(F)(F)F)c1)S(C)(=O)=O. The Bertz CT molecular complexity index is 1090. The molecule has 0 aliphatic rings. The van der Waals surface area contributed by atoms with Crippen molar-refractivity contribution in [2.75, 3.05) is 15.9 Å². The first-order valence-corrected chi connectivity index (χ1v) is 10.7. The Labute approximate surface area is 183 Å². The molecule has 0 saturated heterocycles. The van der Waals surface area contributed by atoms with Crippen molar-refractivity contribution in [2.45, 2.75) is 25.5 Å². The zero-order valence-corrected chi connectivity index (χ0v) is 17.8. The molecule has 2 aromatic carbocycles. The molecule has 2 rings (SSSR count). The molecule has 1 atom stereocenters. The summed E-state index contributed by atoms with van der Waals surface area (Å²) in [5.41, 5.74) is -1.75. The average molecular weight is 505 g/mol. The van der Waals surface area contributed by atoms with E-state index < -0.39 is 56.5 Å². The molecule has 0 fully saturated rings. The molecular formula is C18H15ClF6N2O4S. The monoisotopic (exact) mass is 504 g/mol. The summed E-state index contributed by atoms with van der Waals surface area (Å²) >= 11 is 5.55. The lowest BCUT2D eigenvalue weighted by Gasteiger charge is -2.29. The molecule has 1 amide bonds. The van der Waals surface area contributed by atoms with Gasteiger partial charge in [0.25, 0.3) is 0 Å². The molecule has 6 nitrogen and oxygen atoms in total. The Hall–Kier alpha value is -2.67. The number of nitrogens with zero attached hydrogens (tertiary/aromatic N) is 1. The van der Waals surface area contributed by atoms with Crippen molar-refractivity contribution in [3.63, 3.8) is 0 Å². The number of ether oxygens (including phenoxy) is 1. The summed E-state index contributed by atoms with van der Waals surface area (Å²) in [5.74, 6) is -1.51. The van der Waals surface area contributed by atoms with Crippen LogP contribution in [0.25, 0.3) is 0 Å². The number of carbonyl (C=O) groups excluding carboxylic acids is 1. The number of hydrogen-bond acceptors (Lipinski definition) is 4. The van der Waals surface area contributed by atoms with Crippen molar-refractivity contribution >= 4 is 38.9 Å². The highest BCUT2D eigenvalue weighted by Gasteiger charge is 2.36. The second kappa shape index (κ2) is 9.06. The van der Waals surface area contributed by atoms with Crippen LogP contribution in [0.3, 0.4) is 0 Å². The van der Waals surface area contributed by atoms with Gasteiger partial charge >= 0.3 is 12.5 Å². The van der Waals surface area contributed by atoms with Gasteiger partial charge in [0, 0.05) is 5.69 Å². The number of hydrogen-bond donors (Lipinski definition) is 1. The molecule has 0 aromatic heterocycles. The number of benzene rings is 2. The molecular weight excluding hydrogens is 490 g/mol. The Kier molecular flexibility index (Phi) is 7.24. The molecule has 0 radical (unpaired) electrons. The van der Waals surface area contributed by atoms with Crippen LogP contribution in [0, 0.1) is 0 Å². The molecule has 32 heavy (non-hydrogen) atoms. The first-order valence-electron chi connectivity index (χ1n) is 8.52. The van der Waals surface area contributed by atoms with E-state index in [2.05, 4.69) is 10.1 Å². The van der Waals surface area contributed by atoms with Crippen LogP contribution in [-0.4, -0.2) is 33.0 Å². The fourth-order valence-corrected chi connectivity index (χ4v) is 4.05. The van der Waals surface area contributed by atoms with Gasteiger partial charge in [-0.1, -0.05) is 11.6 Å². The zero-order chi connectivity index (χ0) is 24.5. The van der Waals surface area contributed by atoms with Crippen LogP contribution in [0.1, 0.15) is 12.5 Å². The van der Waals surface area contributed by atoms with Gasteiger partial charge in [0.05, 0.1) is 22.5 Å². The zero-order valence-electron chi connectivity index (χ0n) is 16.3. The number of anilines is 2. The Balaban J connectivity index is 2.31. The predicted octanol–water partition coefficient (Wildman–Crippen LogP) is 5.05. The number of amides is 1. The first-order chi connectivity index (χ1) is 14.5. The lowest BCUT2D eigenvalue weighted by atomic mass is 10.1. The van der Waals surface area contributed by atoms with Gasteiger partial charge in [-0.15, -0.1) is 13.2 Å². The molecule has 14 heteroatoms. The second-order valence-electron chi connectivity index (χ2n) is 6.46. The molecule has 0 bridgehead atoms. The predicted molar refractivity (Wildman–Crippen MR) is 105 cm³/mol. The fraction of sp³-hybridized carbons (Fsp3) is 0.278. The number of nitrogens with one attached hydrogen (secondary N) is 1. The van der Waals surface area contributed by atoms with Crippen LogP contribution >= 0.6 is 11.6 Å². The number of sulfonamides is 1. The highest BCUT2D eigenvalue weighted by molar-refractivity contribution is 7.92. The Morgan fingerprint density at radius 1 is 1.06 bits per heavy atom. The summed E-state index contributed by atoms with van der Waals surface area (Å²) < 4.78 is 105. The van der Waals surface area contributed by atoms with Crippen LogP contribution in [-0.2, 0) is 21.0 Å². The lowest BCUT2D eigenvalue weighted by molar-refractivity contribution is -0.274. The van der Waals surface area contributed by atoms with Gasteiger partial charge < -0.3 is 10.1 Å². The number of carbonyl (C=O) groups is 1. The maximum absolute atomic E-state index is 13.2. The normalized spacial score (nSPS) is 13.4. The van der Waals surface area contributed by atoms with Crippen LogP contribution in [0.4, 0.5) is 37.7 Å². The summed E-state index contributed by atoms with van der Waals surface area (Å²) in [6.07, 6.45) is -9.09. The van der Waals surface area contributed by atoms with E-state index in [1.807, 2.05) is 0 Å². The minimum Gasteiger partial charge on any atom is -0.406 e. The maximum Gasteiger partial charge on any atom is 0.573 e. The van der Waals surface area contributed by atoms with Crippen molar-refractivity contribution in [3.8, 4) is 5.75 Å². The van der Waals surface area contributed by atoms with E-state index in [9.17, 15) is 39.6 Å².